The summed E-state index contributed by atoms with van der Waals surface area (Å²) in [6.07, 6.45) is 1.26. The molecule has 1 heterocycles. The first-order valence-electron chi connectivity index (χ1n) is 7.21. The molecule has 1 fully saturated rings. The summed E-state index contributed by atoms with van der Waals surface area (Å²) in [7, 11) is 2.20. The van der Waals surface area contributed by atoms with E-state index in [1.165, 1.54) is 29.2 Å². The molecule has 1 unspecified atom stereocenters. The van der Waals surface area contributed by atoms with Crippen LogP contribution in [0.15, 0.2) is 18.2 Å². The van der Waals surface area contributed by atoms with E-state index in [0.717, 1.165) is 11.6 Å². The molecule has 0 spiro atoms. The van der Waals surface area contributed by atoms with Crippen LogP contribution in [0, 0.1) is 0 Å². The van der Waals surface area contributed by atoms with Crippen molar-refractivity contribution in [2.45, 2.75) is 45.3 Å². The Morgan fingerprint density at radius 3 is 2.75 bits per heavy atom. The summed E-state index contributed by atoms with van der Waals surface area (Å²) < 4.78 is 0. The summed E-state index contributed by atoms with van der Waals surface area (Å²) in [5.74, 6) is 2.49. The first kappa shape index (κ1) is 16.0. The molecular formula is C16H25ClN2S. The van der Waals surface area contributed by atoms with Crippen LogP contribution in [0.1, 0.15) is 32.8 Å². The molecular weight excluding hydrogens is 288 g/mol. The number of hydrogen-bond acceptors (Lipinski definition) is 3. The second kappa shape index (κ2) is 6.59. The molecule has 2 nitrogen and oxygen atoms in total. The van der Waals surface area contributed by atoms with Crippen molar-refractivity contribution in [1.29, 1.82) is 0 Å². The molecule has 1 aliphatic rings. The third-order valence-electron chi connectivity index (χ3n) is 3.69. The summed E-state index contributed by atoms with van der Waals surface area (Å²) in [6.45, 7) is 7.46. The van der Waals surface area contributed by atoms with Crippen molar-refractivity contribution < 1.29 is 0 Å². The maximum atomic E-state index is 6.21. The largest absolute Gasteiger partial charge is 0.370 e. The van der Waals surface area contributed by atoms with Crippen LogP contribution in [0.2, 0.25) is 5.02 Å². The molecule has 112 valence electrons. The van der Waals surface area contributed by atoms with Crippen molar-refractivity contribution in [2.24, 2.45) is 0 Å². The highest BCUT2D eigenvalue weighted by Gasteiger charge is 2.22. The number of rotatable bonds is 4. The standard InChI is InChI=1S/C16H25ClN2S/c1-16(2,3)18-10-12-5-6-13(17)9-15(12)19(4)14-7-8-20-11-14/h5-6,9,14,18H,7-8,10-11H2,1-4H3. The molecule has 4 heteroatoms. The lowest BCUT2D eigenvalue weighted by atomic mass is 10.1. The zero-order valence-electron chi connectivity index (χ0n) is 12.9. The molecule has 0 aromatic heterocycles. The minimum Gasteiger partial charge on any atom is -0.370 e. The van der Waals surface area contributed by atoms with Gasteiger partial charge in [0, 0.05) is 41.6 Å². The van der Waals surface area contributed by atoms with Gasteiger partial charge in [0.25, 0.3) is 0 Å². The van der Waals surface area contributed by atoms with E-state index in [1.54, 1.807) is 0 Å². The van der Waals surface area contributed by atoms with Gasteiger partial charge in [-0.05, 0) is 50.6 Å². The second-order valence-corrected chi connectivity index (χ2v) is 8.09. The molecule has 1 atom stereocenters. The third kappa shape index (κ3) is 4.31. The molecule has 0 radical (unpaired) electrons. The number of anilines is 1. The molecule has 1 aliphatic heterocycles. The van der Waals surface area contributed by atoms with E-state index in [9.17, 15) is 0 Å². The van der Waals surface area contributed by atoms with Gasteiger partial charge in [0.1, 0.15) is 0 Å². The number of hydrogen-bond donors (Lipinski definition) is 1. The van der Waals surface area contributed by atoms with Crippen molar-refractivity contribution in [3.05, 3.63) is 28.8 Å². The molecule has 0 amide bonds. The van der Waals surface area contributed by atoms with Gasteiger partial charge in [-0.2, -0.15) is 11.8 Å². The molecule has 1 aromatic carbocycles. The third-order valence-corrected chi connectivity index (χ3v) is 5.07. The minimum absolute atomic E-state index is 0.124. The van der Waals surface area contributed by atoms with E-state index >= 15 is 0 Å². The summed E-state index contributed by atoms with van der Waals surface area (Å²) >= 11 is 8.25. The maximum Gasteiger partial charge on any atom is 0.0426 e. The predicted molar refractivity (Wildman–Crippen MR) is 92.2 cm³/mol. The zero-order valence-corrected chi connectivity index (χ0v) is 14.4. The van der Waals surface area contributed by atoms with E-state index < -0.39 is 0 Å². The van der Waals surface area contributed by atoms with Crippen LogP contribution < -0.4 is 10.2 Å². The molecule has 1 N–H and O–H groups in total. The number of nitrogens with one attached hydrogen (secondary N) is 1. The fourth-order valence-electron chi connectivity index (χ4n) is 2.40. The Morgan fingerprint density at radius 1 is 1.40 bits per heavy atom. The monoisotopic (exact) mass is 312 g/mol. The summed E-state index contributed by atoms with van der Waals surface area (Å²) in [5.41, 5.74) is 2.71. The fraction of sp³-hybridized carbons (Fsp3) is 0.625. The first-order valence-corrected chi connectivity index (χ1v) is 8.74. The predicted octanol–water partition coefficient (Wildman–Crippen LogP) is 4.17. The lowest BCUT2D eigenvalue weighted by Gasteiger charge is -2.30. The van der Waals surface area contributed by atoms with Crippen LogP contribution in [-0.4, -0.2) is 30.1 Å². The molecule has 0 saturated carbocycles. The van der Waals surface area contributed by atoms with Crippen LogP contribution in [0.4, 0.5) is 5.69 Å². The average molecular weight is 313 g/mol. The fourth-order valence-corrected chi connectivity index (χ4v) is 3.83. The Balaban J connectivity index is 2.18. The Bertz CT molecular complexity index is 450. The van der Waals surface area contributed by atoms with Crippen molar-refractivity contribution in [2.75, 3.05) is 23.5 Å². The summed E-state index contributed by atoms with van der Waals surface area (Å²) in [4.78, 5) is 2.41. The Kier molecular flexibility index (Phi) is 5.27. The highest BCUT2D eigenvalue weighted by molar-refractivity contribution is 7.99. The number of thioether (sulfide) groups is 1. The van der Waals surface area contributed by atoms with Crippen molar-refractivity contribution in [3.63, 3.8) is 0 Å². The van der Waals surface area contributed by atoms with Crippen LogP contribution in [0.25, 0.3) is 0 Å². The normalized spacial score (nSPS) is 19.4. The molecule has 0 bridgehead atoms. The van der Waals surface area contributed by atoms with E-state index in [-0.39, 0.29) is 5.54 Å². The summed E-state index contributed by atoms with van der Waals surface area (Å²) in [5, 5.41) is 4.39. The van der Waals surface area contributed by atoms with E-state index in [4.69, 9.17) is 11.6 Å². The number of halogens is 1. The molecule has 0 aliphatic carbocycles. The van der Waals surface area contributed by atoms with E-state index in [2.05, 4.69) is 50.2 Å². The molecule has 2 rings (SSSR count). The minimum atomic E-state index is 0.124. The van der Waals surface area contributed by atoms with Crippen LogP contribution in [0.3, 0.4) is 0 Å². The number of benzene rings is 1. The van der Waals surface area contributed by atoms with Gasteiger partial charge in [-0.3, -0.25) is 0 Å². The Morgan fingerprint density at radius 2 is 2.15 bits per heavy atom. The van der Waals surface area contributed by atoms with Crippen LogP contribution in [-0.2, 0) is 6.54 Å². The smallest absolute Gasteiger partial charge is 0.0426 e. The zero-order chi connectivity index (χ0) is 14.8. The van der Waals surface area contributed by atoms with Crippen molar-refractivity contribution in [1.82, 2.24) is 5.32 Å². The van der Waals surface area contributed by atoms with Crippen molar-refractivity contribution >= 4 is 29.1 Å². The molecule has 1 aromatic rings. The lowest BCUT2D eigenvalue weighted by molar-refractivity contribution is 0.424. The molecule has 1 saturated heterocycles. The first-order chi connectivity index (χ1) is 9.37. The van der Waals surface area contributed by atoms with Gasteiger partial charge in [0.15, 0.2) is 0 Å². The maximum absolute atomic E-state index is 6.21. The topological polar surface area (TPSA) is 15.3 Å². The van der Waals surface area contributed by atoms with Gasteiger partial charge in [0.2, 0.25) is 0 Å². The lowest BCUT2D eigenvalue weighted by Crippen LogP contribution is -2.36. The highest BCUT2D eigenvalue weighted by Crippen LogP contribution is 2.30. The van der Waals surface area contributed by atoms with Crippen molar-refractivity contribution in [3.8, 4) is 0 Å². The van der Waals surface area contributed by atoms with Gasteiger partial charge in [-0.25, -0.2) is 0 Å². The van der Waals surface area contributed by atoms with Crippen LogP contribution in [0.5, 0.6) is 0 Å². The van der Waals surface area contributed by atoms with E-state index in [1.807, 2.05) is 17.8 Å². The van der Waals surface area contributed by atoms with E-state index in [0.29, 0.717) is 6.04 Å². The Labute approximate surface area is 132 Å². The highest BCUT2D eigenvalue weighted by atomic mass is 35.5. The van der Waals surface area contributed by atoms with Gasteiger partial charge in [0.05, 0.1) is 0 Å². The SMILES string of the molecule is CN(c1cc(Cl)ccc1CNC(C)(C)C)C1CCSC1. The van der Waals surface area contributed by atoms with Gasteiger partial charge < -0.3 is 10.2 Å². The van der Waals surface area contributed by atoms with Gasteiger partial charge in [-0.1, -0.05) is 17.7 Å². The average Bonchev–Trinajstić information content (AvgIpc) is 2.89. The quantitative estimate of drug-likeness (QED) is 0.898. The summed E-state index contributed by atoms with van der Waals surface area (Å²) in [6, 6.07) is 6.87. The second-order valence-electron chi connectivity index (χ2n) is 6.50. The van der Waals surface area contributed by atoms with Crippen LogP contribution >= 0.6 is 23.4 Å². The van der Waals surface area contributed by atoms with Gasteiger partial charge in [-0.15, -0.1) is 0 Å². The number of nitrogens with zero attached hydrogens (tertiary/aromatic N) is 1. The van der Waals surface area contributed by atoms with Gasteiger partial charge >= 0.3 is 0 Å². The molecule has 20 heavy (non-hydrogen) atoms. The Hall–Kier alpha value is -0.380.